The molecule has 0 saturated carbocycles. The van der Waals surface area contributed by atoms with Crippen LogP contribution in [0.4, 0.5) is 0 Å². The molecule has 0 spiro atoms. The zero-order valence-electron chi connectivity index (χ0n) is 12.1. The molecule has 2 aromatic rings. The minimum atomic E-state index is -0.00426. The van der Waals surface area contributed by atoms with E-state index in [9.17, 15) is 9.59 Å². The lowest BCUT2D eigenvalue weighted by Gasteiger charge is -2.31. The first-order chi connectivity index (χ1) is 10.1. The molecule has 0 radical (unpaired) electrons. The summed E-state index contributed by atoms with van der Waals surface area (Å²) in [4.78, 5) is 28.6. The molecule has 5 heteroatoms. The normalized spacial score (nSPS) is 16.1. The number of aromatic amines is 1. The van der Waals surface area contributed by atoms with Gasteiger partial charge in [0.2, 0.25) is 5.91 Å². The Morgan fingerprint density at radius 3 is 2.62 bits per heavy atom. The summed E-state index contributed by atoms with van der Waals surface area (Å²) in [5.74, 6) is 0.0304. The number of nitrogens with one attached hydrogen (secondary N) is 2. The number of benzene rings is 1. The summed E-state index contributed by atoms with van der Waals surface area (Å²) in [5, 5.41) is 3.97. The van der Waals surface area contributed by atoms with Gasteiger partial charge in [0.05, 0.1) is 0 Å². The number of amides is 2. The molecule has 21 heavy (non-hydrogen) atoms. The van der Waals surface area contributed by atoms with Crippen LogP contribution < -0.4 is 5.32 Å². The topological polar surface area (TPSA) is 65.2 Å². The molecule has 0 aliphatic carbocycles. The molecule has 5 nitrogen and oxygen atoms in total. The van der Waals surface area contributed by atoms with Gasteiger partial charge < -0.3 is 15.2 Å². The summed E-state index contributed by atoms with van der Waals surface area (Å²) in [7, 11) is 0. The summed E-state index contributed by atoms with van der Waals surface area (Å²) < 4.78 is 0. The summed E-state index contributed by atoms with van der Waals surface area (Å²) in [6.07, 6.45) is 1.62. The lowest BCUT2D eigenvalue weighted by Crippen LogP contribution is -2.46. The Labute approximate surface area is 123 Å². The van der Waals surface area contributed by atoms with Gasteiger partial charge in [-0.25, -0.2) is 0 Å². The molecule has 2 amide bonds. The van der Waals surface area contributed by atoms with Crippen molar-refractivity contribution in [1.29, 1.82) is 0 Å². The standard InChI is InChI=1S/C16H19N3O2/c1-11(20)17-13-6-8-19(9-7-13)16(21)15-10-12-4-2-3-5-14(12)18-15/h2-5,10,13,18H,6-9H2,1H3,(H,17,20). The molecule has 2 N–H and O–H groups in total. The second kappa shape index (κ2) is 5.60. The van der Waals surface area contributed by atoms with Crippen LogP contribution in [0.3, 0.4) is 0 Å². The monoisotopic (exact) mass is 285 g/mol. The van der Waals surface area contributed by atoms with Crippen LogP contribution in [-0.4, -0.2) is 40.8 Å². The third-order valence-electron chi connectivity index (χ3n) is 3.95. The maximum absolute atomic E-state index is 12.5. The lowest BCUT2D eigenvalue weighted by molar-refractivity contribution is -0.119. The summed E-state index contributed by atoms with van der Waals surface area (Å²) in [6, 6.07) is 9.96. The average Bonchev–Trinajstić information content (AvgIpc) is 2.90. The van der Waals surface area contributed by atoms with Crippen molar-refractivity contribution >= 4 is 22.7 Å². The zero-order valence-corrected chi connectivity index (χ0v) is 12.1. The minimum Gasteiger partial charge on any atom is -0.353 e. The van der Waals surface area contributed by atoms with Gasteiger partial charge in [-0.2, -0.15) is 0 Å². The molecular weight excluding hydrogens is 266 g/mol. The maximum atomic E-state index is 12.5. The van der Waals surface area contributed by atoms with E-state index in [0.29, 0.717) is 18.8 Å². The van der Waals surface area contributed by atoms with Crippen molar-refractivity contribution in [3.63, 3.8) is 0 Å². The minimum absolute atomic E-state index is 0.00426. The Kier molecular flexibility index (Phi) is 3.64. The first kappa shape index (κ1) is 13.7. The van der Waals surface area contributed by atoms with Crippen molar-refractivity contribution in [1.82, 2.24) is 15.2 Å². The van der Waals surface area contributed by atoms with Crippen LogP contribution in [0.15, 0.2) is 30.3 Å². The molecule has 1 aromatic heterocycles. The van der Waals surface area contributed by atoms with Gasteiger partial charge in [-0.15, -0.1) is 0 Å². The van der Waals surface area contributed by atoms with Crippen molar-refractivity contribution in [3.8, 4) is 0 Å². The smallest absolute Gasteiger partial charge is 0.270 e. The van der Waals surface area contributed by atoms with Crippen molar-refractivity contribution in [2.75, 3.05) is 13.1 Å². The number of rotatable bonds is 2. The Hall–Kier alpha value is -2.30. The molecule has 1 aliphatic rings. The molecule has 1 aliphatic heterocycles. The van der Waals surface area contributed by atoms with E-state index in [2.05, 4.69) is 10.3 Å². The number of aromatic nitrogens is 1. The number of nitrogens with zero attached hydrogens (tertiary/aromatic N) is 1. The van der Waals surface area contributed by atoms with Gasteiger partial charge in [-0.3, -0.25) is 9.59 Å². The number of fused-ring (bicyclic) bond motifs is 1. The van der Waals surface area contributed by atoms with E-state index in [-0.39, 0.29) is 17.9 Å². The van der Waals surface area contributed by atoms with Gasteiger partial charge >= 0.3 is 0 Å². The highest BCUT2D eigenvalue weighted by atomic mass is 16.2. The molecule has 110 valence electrons. The van der Waals surface area contributed by atoms with Crippen LogP contribution in [0.1, 0.15) is 30.3 Å². The Morgan fingerprint density at radius 1 is 1.24 bits per heavy atom. The van der Waals surface area contributed by atoms with E-state index in [4.69, 9.17) is 0 Å². The van der Waals surface area contributed by atoms with Crippen molar-refractivity contribution in [3.05, 3.63) is 36.0 Å². The van der Waals surface area contributed by atoms with Gasteiger partial charge in [0, 0.05) is 37.0 Å². The van der Waals surface area contributed by atoms with Crippen LogP contribution in [0.5, 0.6) is 0 Å². The number of hydrogen-bond acceptors (Lipinski definition) is 2. The molecular formula is C16H19N3O2. The third-order valence-corrected chi connectivity index (χ3v) is 3.95. The number of piperidine rings is 1. The molecule has 1 saturated heterocycles. The van der Waals surface area contributed by atoms with Gasteiger partial charge in [0.15, 0.2) is 0 Å². The average molecular weight is 285 g/mol. The van der Waals surface area contributed by atoms with E-state index in [0.717, 1.165) is 23.7 Å². The number of hydrogen-bond donors (Lipinski definition) is 2. The summed E-state index contributed by atoms with van der Waals surface area (Å²) in [6.45, 7) is 2.89. The molecule has 2 heterocycles. The highest BCUT2D eigenvalue weighted by Crippen LogP contribution is 2.18. The van der Waals surface area contributed by atoms with E-state index in [1.165, 1.54) is 6.92 Å². The lowest BCUT2D eigenvalue weighted by atomic mass is 10.0. The van der Waals surface area contributed by atoms with Gasteiger partial charge in [-0.1, -0.05) is 18.2 Å². The number of para-hydroxylation sites is 1. The fraction of sp³-hybridized carbons (Fsp3) is 0.375. The van der Waals surface area contributed by atoms with Crippen molar-refractivity contribution in [2.24, 2.45) is 0 Å². The first-order valence-corrected chi connectivity index (χ1v) is 7.27. The third kappa shape index (κ3) is 2.91. The zero-order chi connectivity index (χ0) is 14.8. The molecule has 0 bridgehead atoms. The van der Waals surface area contributed by atoms with E-state index in [1.807, 2.05) is 35.2 Å². The van der Waals surface area contributed by atoms with Crippen LogP contribution in [0.25, 0.3) is 10.9 Å². The van der Waals surface area contributed by atoms with Gasteiger partial charge in [0.25, 0.3) is 5.91 Å². The van der Waals surface area contributed by atoms with Gasteiger partial charge in [-0.05, 0) is 25.0 Å². The Morgan fingerprint density at radius 2 is 1.95 bits per heavy atom. The molecule has 0 atom stereocenters. The fourth-order valence-corrected chi connectivity index (χ4v) is 2.87. The summed E-state index contributed by atoms with van der Waals surface area (Å²) >= 11 is 0. The van der Waals surface area contributed by atoms with Crippen LogP contribution >= 0.6 is 0 Å². The van der Waals surface area contributed by atoms with E-state index >= 15 is 0 Å². The molecule has 3 rings (SSSR count). The maximum Gasteiger partial charge on any atom is 0.270 e. The quantitative estimate of drug-likeness (QED) is 0.885. The number of H-pyrrole nitrogens is 1. The second-order valence-corrected chi connectivity index (χ2v) is 5.54. The number of likely N-dealkylation sites (tertiary alicyclic amines) is 1. The molecule has 1 fully saturated rings. The van der Waals surface area contributed by atoms with Crippen LogP contribution in [0.2, 0.25) is 0 Å². The second-order valence-electron chi connectivity index (χ2n) is 5.54. The first-order valence-electron chi connectivity index (χ1n) is 7.27. The van der Waals surface area contributed by atoms with Crippen molar-refractivity contribution < 1.29 is 9.59 Å². The highest BCUT2D eigenvalue weighted by Gasteiger charge is 2.24. The predicted octanol–water partition coefficient (Wildman–Crippen LogP) is 1.91. The SMILES string of the molecule is CC(=O)NC1CCN(C(=O)c2cc3ccccc3[nH]2)CC1. The predicted molar refractivity (Wildman–Crippen MR) is 81.0 cm³/mol. The van der Waals surface area contributed by atoms with E-state index in [1.54, 1.807) is 0 Å². The largest absolute Gasteiger partial charge is 0.353 e. The van der Waals surface area contributed by atoms with Gasteiger partial charge in [0.1, 0.15) is 5.69 Å². The van der Waals surface area contributed by atoms with Crippen LogP contribution in [-0.2, 0) is 4.79 Å². The van der Waals surface area contributed by atoms with Crippen molar-refractivity contribution in [2.45, 2.75) is 25.8 Å². The molecule has 1 aromatic carbocycles. The van der Waals surface area contributed by atoms with E-state index < -0.39 is 0 Å². The summed E-state index contributed by atoms with van der Waals surface area (Å²) in [5.41, 5.74) is 1.61. The highest BCUT2D eigenvalue weighted by molar-refractivity contribution is 5.98. The van der Waals surface area contributed by atoms with Crippen LogP contribution in [0, 0.1) is 0 Å². The number of carbonyl (C=O) groups excluding carboxylic acids is 2. The molecule has 0 unspecified atom stereocenters. The fourth-order valence-electron chi connectivity index (χ4n) is 2.87. The Bertz CT molecular complexity index is 636. The Balaban J connectivity index is 1.67. The number of carbonyl (C=O) groups is 2.